The summed E-state index contributed by atoms with van der Waals surface area (Å²) in [6.07, 6.45) is 8.57. The van der Waals surface area contributed by atoms with E-state index in [1.807, 2.05) is 0 Å². The van der Waals surface area contributed by atoms with Gasteiger partial charge in [-0.05, 0) is 36.0 Å². The molecule has 2 aromatic rings. The highest BCUT2D eigenvalue weighted by atomic mass is 16.1. The van der Waals surface area contributed by atoms with Crippen molar-refractivity contribution >= 4 is 5.78 Å². The maximum absolute atomic E-state index is 12.0. The first-order chi connectivity index (χ1) is 8.83. The van der Waals surface area contributed by atoms with Gasteiger partial charge in [0.2, 0.25) is 0 Å². The minimum Gasteiger partial charge on any atom is -0.294 e. The Morgan fingerprint density at radius 1 is 1.11 bits per heavy atom. The van der Waals surface area contributed by atoms with Crippen LogP contribution < -0.4 is 0 Å². The van der Waals surface area contributed by atoms with Crippen molar-refractivity contribution < 1.29 is 4.79 Å². The Morgan fingerprint density at radius 3 is 2.72 bits per heavy atom. The van der Waals surface area contributed by atoms with Crippen LogP contribution in [0.15, 0.2) is 36.9 Å². The number of aryl methyl sites for hydroxylation is 2. The van der Waals surface area contributed by atoms with Gasteiger partial charge in [-0.15, -0.1) is 0 Å². The van der Waals surface area contributed by atoms with E-state index in [4.69, 9.17) is 0 Å². The van der Waals surface area contributed by atoms with E-state index in [1.54, 1.807) is 12.4 Å². The molecule has 0 atom stereocenters. The summed E-state index contributed by atoms with van der Waals surface area (Å²) in [6, 6.07) is 6.39. The van der Waals surface area contributed by atoms with Crippen molar-refractivity contribution in [3.8, 4) is 0 Å². The van der Waals surface area contributed by atoms with Crippen molar-refractivity contribution in [2.24, 2.45) is 0 Å². The summed E-state index contributed by atoms with van der Waals surface area (Å²) in [5, 5.41) is 0. The Bertz CT molecular complexity index is 578. The average molecular weight is 238 g/mol. The van der Waals surface area contributed by atoms with Crippen molar-refractivity contribution in [3.63, 3.8) is 0 Å². The van der Waals surface area contributed by atoms with Crippen LogP contribution in [0.2, 0.25) is 0 Å². The zero-order chi connectivity index (χ0) is 12.4. The van der Waals surface area contributed by atoms with E-state index < -0.39 is 0 Å². The fourth-order valence-electron chi connectivity index (χ4n) is 2.47. The zero-order valence-electron chi connectivity index (χ0n) is 10.1. The number of hydrogen-bond acceptors (Lipinski definition) is 3. The van der Waals surface area contributed by atoms with Crippen LogP contribution in [0.4, 0.5) is 0 Å². The van der Waals surface area contributed by atoms with E-state index >= 15 is 0 Å². The Balaban J connectivity index is 1.79. The van der Waals surface area contributed by atoms with Crippen LogP contribution in [0, 0.1) is 0 Å². The normalized spacial score (nSPS) is 13.3. The molecule has 1 heterocycles. The molecule has 1 aliphatic carbocycles. The predicted molar refractivity (Wildman–Crippen MR) is 68.5 cm³/mol. The van der Waals surface area contributed by atoms with E-state index in [-0.39, 0.29) is 5.78 Å². The van der Waals surface area contributed by atoms with E-state index in [0.29, 0.717) is 12.0 Å². The summed E-state index contributed by atoms with van der Waals surface area (Å²) in [4.78, 5) is 19.8. The van der Waals surface area contributed by atoms with Crippen LogP contribution >= 0.6 is 0 Å². The van der Waals surface area contributed by atoms with Gasteiger partial charge >= 0.3 is 0 Å². The Kier molecular flexibility index (Phi) is 2.89. The minimum atomic E-state index is 0.0774. The van der Waals surface area contributed by atoms with Crippen LogP contribution in [-0.4, -0.2) is 15.8 Å². The second kappa shape index (κ2) is 4.69. The molecule has 3 heteroatoms. The van der Waals surface area contributed by atoms with Gasteiger partial charge in [0.05, 0.1) is 5.56 Å². The lowest BCUT2D eigenvalue weighted by molar-refractivity contribution is 0.0992. The minimum absolute atomic E-state index is 0.0774. The molecule has 0 aliphatic heterocycles. The second-order valence-electron chi connectivity index (χ2n) is 4.68. The molecule has 1 aromatic heterocycles. The van der Waals surface area contributed by atoms with Gasteiger partial charge < -0.3 is 0 Å². The largest absolute Gasteiger partial charge is 0.294 e. The molecule has 0 bridgehead atoms. The zero-order valence-corrected chi connectivity index (χ0v) is 10.1. The molecule has 1 aromatic carbocycles. The molecule has 3 rings (SSSR count). The maximum atomic E-state index is 12.0. The highest BCUT2D eigenvalue weighted by Gasteiger charge is 2.13. The van der Waals surface area contributed by atoms with E-state index in [2.05, 4.69) is 28.2 Å². The second-order valence-corrected chi connectivity index (χ2v) is 4.68. The Labute approximate surface area is 106 Å². The van der Waals surface area contributed by atoms with Gasteiger partial charge in [0, 0.05) is 18.8 Å². The van der Waals surface area contributed by atoms with Crippen molar-refractivity contribution in [2.45, 2.75) is 25.7 Å². The molecule has 90 valence electrons. The number of ketones is 1. The van der Waals surface area contributed by atoms with Gasteiger partial charge in [-0.2, -0.15) is 0 Å². The molecule has 0 saturated heterocycles. The lowest BCUT2D eigenvalue weighted by Gasteiger charge is -2.04. The van der Waals surface area contributed by atoms with Crippen molar-refractivity contribution in [3.05, 3.63) is 59.2 Å². The molecule has 0 N–H and O–H groups in total. The average Bonchev–Trinajstić information content (AvgIpc) is 2.87. The lowest BCUT2D eigenvalue weighted by Crippen LogP contribution is -2.05. The van der Waals surface area contributed by atoms with Crippen LogP contribution in [0.25, 0.3) is 0 Å². The van der Waals surface area contributed by atoms with Crippen LogP contribution in [-0.2, 0) is 19.3 Å². The monoisotopic (exact) mass is 238 g/mol. The van der Waals surface area contributed by atoms with Gasteiger partial charge in [0.25, 0.3) is 0 Å². The molecule has 3 nitrogen and oxygen atoms in total. The summed E-state index contributed by atoms with van der Waals surface area (Å²) in [5.41, 5.74) is 4.52. The fraction of sp³-hybridized carbons (Fsp3) is 0.267. The first-order valence-electron chi connectivity index (χ1n) is 6.22. The molecular formula is C15H14N2O. The summed E-state index contributed by atoms with van der Waals surface area (Å²) < 4.78 is 0. The summed E-state index contributed by atoms with van der Waals surface area (Å²) in [5.74, 6) is 0.0774. The quantitative estimate of drug-likeness (QED) is 0.771. The highest BCUT2D eigenvalue weighted by Crippen LogP contribution is 2.23. The van der Waals surface area contributed by atoms with Crippen LogP contribution in [0.5, 0.6) is 0 Å². The maximum Gasteiger partial charge on any atom is 0.170 e. The Hall–Kier alpha value is -2.03. The predicted octanol–water partition coefficient (Wildman–Crippen LogP) is 2.39. The molecule has 0 amide bonds. The Morgan fingerprint density at radius 2 is 1.89 bits per heavy atom. The number of hydrogen-bond donors (Lipinski definition) is 0. The van der Waals surface area contributed by atoms with Crippen molar-refractivity contribution in [1.29, 1.82) is 0 Å². The number of carbonyl (C=O) groups excluding carboxylic acids is 1. The SMILES string of the molecule is O=C(Cc1ccc2c(c1)CCC2)c1cncnc1. The standard InChI is InChI=1S/C15H14N2O/c18-15(14-8-16-10-17-9-14)7-11-4-5-12-2-1-3-13(12)6-11/h4-6,8-10H,1-3,7H2. The molecule has 0 fully saturated rings. The summed E-state index contributed by atoms with van der Waals surface area (Å²) in [7, 11) is 0. The molecule has 0 unspecified atom stereocenters. The van der Waals surface area contributed by atoms with E-state index in [9.17, 15) is 4.79 Å². The van der Waals surface area contributed by atoms with Gasteiger partial charge in [-0.25, -0.2) is 9.97 Å². The number of benzene rings is 1. The number of carbonyl (C=O) groups is 1. The lowest BCUT2D eigenvalue weighted by atomic mass is 10.0. The van der Waals surface area contributed by atoms with Crippen LogP contribution in [0.1, 0.15) is 33.5 Å². The highest BCUT2D eigenvalue weighted by molar-refractivity contribution is 5.96. The number of rotatable bonds is 3. The third-order valence-corrected chi connectivity index (χ3v) is 3.41. The van der Waals surface area contributed by atoms with Gasteiger partial charge in [-0.1, -0.05) is 18.2 Å². The van der Waals surface area contributed by atoms with Gasteiger partial charge in [0.1, 0.15) is 6.33 Å². The van der Waals surface area contributed by atoms with Gasteiger partial charge in [-0.3, -0.25) is 4.79 Å². The fourth-order valence-corrected chi connectivity index (χ4v) is 2.47. The molecule has 1 aliphatic rings. The number of fused-ring (bicyclic) bond motifs is 1. The molecule has 0 radical (unpaired) electrons. The van der Waals surface area contributed by atoms with E-state index in [1.165, 1.54) is 30.3 Å². The van der Waals surface area contributed by atoms with E-state index in [0.717, 1.165) is 12.0 Å². The van der Waals surface area contributed by atoms with Crippen molar-refractivity contribution in [1.82, 2.24) is 9.97 Å². The first-order valence-corrected chi connectivity index (χ1v) is 6.22. The number of aromatic nitrogens is 2. The third-order valence-electron chi connectivity index (χ3n) is 3.41. The number of Topliss-reactive ketones (excluding diaryl/α,β-unsaturated/α-hetero) is 1. The van der Waals surface area contributed by atoms with Crippen molar-refractivity contribution in [2.75, 3.05) is 0 Å². The summed E-state index contributed by atoms with van der Waals surface area (Å²) >= 11 is 0. The van der Waals surface area contributed by atoms with Crippen LogP contribution in [0.3, 0.4) is 0 Å². The molecule has 18 heavy (non-hydrogen) atoms. The number of nitrogens with zero attached hydrogens (tertiary/aromatic N) is 2. The molecule has 0 spiro atoms. The van der Waals surface area contributed by atoms with Gasteiger partial charge in [0.15, 0.2) is 5.78 Å². The summed E-state index contributed by atoms with van der Waals surface area (Å²) in [6.45, 7) is 0. The smallest absolute Gasteiger partial charge is 0.170 e. The topological polar surface area (TPSA) is 42.9 Å². The molecular weight excluding hydrogens is 224 g/mol. The first kappa shape index (κ1) is 11.1. The molecule has 0 saturated carbocycles. The third kappa shape index (κ3) is 2.16.